The fraction of sp³-hybridized carbons (Fsp3) is 0.562. The van der Waals surface area contributed by atoms with Gasteiger partial charge in [-0.3, -0.25) is 9.69 Å². The molecule has 0 aliphatic rings. The Kier molecular flexibility index (Phi) is 9.26. The largest absolute Gasteiger partial charge is 0.465 e. The van der Waals surface area contributed by atoms with Gasteiger partial charge < -0.3 is 10.1 Å². The molecule has 120 valence electrons. The highest BCUT2D eigenvalue weighted by atomic mass is 35.5. The Morgan fingerprint density at radius 1 is 1.29 bits per heavy atom. The zero-order valence-electron chi connectivity index (χ0n) is 13.4. The van der Waals surface area contributed by atoms with Crippen LogP contribution in [0, 0.1) is 0 Å². The number of hydrogen-bond acceptors (Lipinski definition) is 4. The molecule has 0 spiro atoms. The van der Waals surface area contributed by atoms with Crippen molar-refractivity contribution >= 4 is 18.4 Å². The van der Waals surface area contributed by atoms with E-state index in [1.54, 1.807) is 0 Å². The Morgan fingerprint density at radius 2 is 1.90 bits per heavy atom. The molecule has 0 aromatic heterocycles. The third-order valence-electron chi connectivity index (χ3n) is 3.20. The number of nitrogens with one attached hydrogen (secondary N) is 1. The number of benzene rings is 1. The molecule has 0 fully saturated rings. The zero-order chi connectivity index (χ0) is 15.0. The van der Waals surface area contributed by atoms with Crippen LogP contribution >= 0.6 is 12.4 Å². The summed E-state index contributed by atoms with van der Waals surface area (Å²) in [7, 11) is 1.94. The maximum absolute atomic E-state index is 11.7. The van der Waals surface area contributed by atoms with Gasteiger partial charge in [-0.25, -0.2) is 0 Å². The first-order chi connectivity index (χ1) is 9.46. The number of carbonyl (C=O) groups is 1. The van der Waals surface area contributed by atoms with Gasteiger partial charge in [-0.2, -0.15) is 0 Å². The van der Waals surface area contributed by atoms with Gasteiger partial charge in [0.05, 0.1) is 13.2 Å². The van der Waals surface area contributed by atoms with Gasteiger partial charge in [0.2, 0.25) is 0 Å². The van der Waals surface area contributed by atoms with Gasteiger partial charge >= 0.3 is 5.97 Å². The Morgan fingerprint density at radius 3 is 2.43 bits per heavy atom. The molecule has 0 saturated heterocycles. The van der Waals surface area contributed by atoms with E-state index in [1.807, 2.05) is 32.2 Å². The standard InChI is InChI=1S/C16H26N2O2.ClH/c1-5-20-15(19)12-18(13-16(2,3)17-4)11-14-9-7-6-8-10-14;/h6-10,17H,5,11-13H2,1-4H3;1H. The van der Waals surface area contributed by atoms with E-state index in [2.05, 4.69) is 36.2 Å². The summed E-state index contributed by atoms with van der Waals surface area (Å²) in [6, 6.07) is 10.2. The number of likely N-dealkylation sites (N-methyl/N-ethyl adjacent to an activating group) is 1. The van der Waals surface area contributed by atoms with E-state index in [0.717, 1.165) is 13.1 Å². The van der Waals surface area contributed by atoms with Crippen molar-refractivity contribution in [1.82, 2.24) is 10.2 Å². The quantitative estimate of drug-likeness (QED) is 0.749. The minimum Gasteiger partial charge on any atom is -0.465 e. The number of ether oxygens (including phenoxy) is 1. The third kappa shape index (κ3) is 8.05. The highest BCUT2D eigenvalue weighted by molar-refractivity contribution is 5.85. The third-order valence-corrected chi connectivity index (χ3v) is 3.20. The van der Waals surface area contributed by atoms with E-state index in [0.29, 0.717) is 13.2 Å². The molecule has 0 aliphatic heterocycles. The molecule has 0 radical (unpaired) electrons. The lowest BCUT2D eigenvalue weighted by molar-refractivity contribution is -0.144. The SMILES string of the molecule is CCOC(=O)CN(Cc1ccccc1)CC(C)(C)NC.Cl. The number of carbonyl (C=O) groups excluding carboxylic acids is 1. The van der Waals surface area contributed by atoms with Gasteiger partial charge in [0.15, 0.2) is 0 Å². The van der Waals surface area contributed by atoms with Crippen LogP contribution in [0.5, 0.6) is 0 Å². The van der Waals surface area contributed by atoms with Crippen molar-refractivity contribution in [3.05, 3.63) is 35.9 Å². The first-order valence-electron chi connectivity index (χ1n) is 7.07. The Balaban J connectivity index is 0.00000400. The van der Waals surface area contributed by atoms with E-state index >= 15 is 0 Å². The van der Waals surface area contributed by atoms with Crippen LogP contribution in [-0.4, -0.2) is 43.2 Å². The first kappa shape index (κ1) is 19.9. The first-order valence-corrected chi connectivity index (χ1v) is 7.07. The van der Waals surface area contributed by atoms with E-state index < -0.39 is 0 Å². The van der Waals surface area contributed by atoms with Crippen molar-refractivity contribution in [2.24, 2.45) is 0 Å². The molecule has 0 aliphatic carbocycles. The van der Waals surface area contributed by atoms with E-state index in [-0.39, 0.29) is 23.9 Å². The molecule has 21 heavy (non-hydrogen) atoms. The van der Waals surface area contributed by atoms with Crippen molar-refractivity contribution in [3.63, 3.8) is 0 Å². The summed E-state index contributed by atoms with van der Waals surface area (Å²) in [6.45, 7) is 8.33. The van der Waals surface area contributed by atoms with Crippen LogP contribution in [0.15, 0.2) is 30.3 Å². The summed E-state index contributed by atoms with van der Waals surface area (Å²) < 4.78 is 5.06. The van der Waals surface area contributed by atoms with Crippen LogP contribution in [0.4, 0.5) is 0 Å². The summed E-state index contributed by atoms with van der Waals surface area (Å²) in [4.78, 5) is 13.8. The lowest BCUT2D eigenvalue weighted by Crippen LogP contribution is -2.48. The molecule has 0 heterocycles. The van der Waals surface area contributed by atoms with Crippen molar-refractivity contribution in [2.45, 2.75) is 32.9 Å². The average Bonchev–Trinajstić information content (AvgIpc) is 2.39. The predicted octanol–water partition coefficient (Wildman–Crippen LogP) is 2.47. The molecule has 0 bridgehead atoms. The van der Waals surface area contributed by atoms with Crippen LogP contribution in [-0.2, 0) is 16.1 Å². The summed E-state index contributed by atoms with van der Waals surface area (Å²) in [5.74, 6) is -0.171. The zero-order valence-corrected chi connectivity index (χ0v) is 14.2. The summed E-state index contributed by atoms with van der Waals surface area (Å²) >= 11 is 0. The van der Waals surface area contributed by atoms with Gasteiger partial charge in [0.25, 0.3) is 0 Å². The van der Waals surface area contributed by atoms with Gasteiger partial charge in [-0.15, -0.1) is 12.4 Å². The second-order valence-electron chi connectivity index (χ2n) is 5.57. The van der Waals surface area contributed by atoms with Crippen LogP contribution in [0.2, 0.25) is 0 Å². The number of esters is 1. The van der Waals surface area contributed by atoms with E-state index in [1.165, 1.54) is 5.56 Å². The van der Waals surface area contributed by atoms with Gasteiger partial charge in [0, 0.05) is 18.6 Å². The Labute approximate surface area is 134 Å². The molecule has 0 atom stereocenters. The van der Waals surface area contributed by atoms with Gasteiger partial charge in [0.1, 0.15) is 0 Å². The monoisotopic (exact) mass is 314 g/mol. The minimum absolute atomic E-state index is 0. The van der Waals surface area contributed by atoms with E-state index in [9.17, 15) is 4.79 Å². The highest BCUT2D eigenvalue weighted by Gasteiger charge is 2.21. The predicted molar refractivity (Wildman–Crippen MR) is 88.7 cm³/mol. The van der Waals surface area contributed by atoms with Crippen LogP contribution in [0.1, 0.15) is 26.3 Å². The Bertz CT molecular complexity index is 410. The van der Waals surface area contributed by atoms with Crippen molar-refractivity contribution < 1.29 is 9.53 Å². The van der Waals surface area contributed by atoms with Crippen LogP contribution < -0.4 is 5.32 Å². The van der Waals surface area contributed by atoms with Crippen molar-refractivity contribution in [1.29, 1.82) is 0 Å². The lowest BCUT2D eigenvalue weighted by Gasteiger charge is -2.32. The van der Waals surface area contributed by atoms with Crippen LogP contribution in [0.3, 0.4) is 0 Å². The fourth-order valence-corrected chi connectivity index (χ4v) is 2.04. The summed E-state index contributed by atoms with van der Waals surface area (Å²) in [5, 5.41) is 3.27. The minimum atomic E-state index is -0.171. The summed E-state index contributed by atoms with van der Waals surface area (Å²) in [6.07, 6.45) is 0. The van der Waals surface area contributed by atoms with Crippen LogP contribution in [0.25, 0.3) is 0 Å². The van der Waals surface area contributed by atoms with Gasteiger partial charge in [-0.1, -0.05) is 30.3 Å². The molecule has 0 amide bonds. The molecule has 1 aromatic carbocycles. The second kappa shape index (κ2) is 9.77. The lowest BCUT2D eigenvalue weighted by atomic mass is 10.0. The second-order valence-corrected chi connectivity index (χ2v) is 5.57. The molecule has 1 aromatic rings. The van der Waals surface area contributed by atoms with Gasteiger partial charge in [-0.05, 0) is 33.4 Å². The van der Waals surface area contributed by atoms with Crippen molar-refractivity contribution in [3.8, 4) is 0 Å². The molecule has 1 rings (SSSR count). The normalized spacial score (nSPS) is 11.1. The molecule has 1 N–H and O–H groups in total. The number of nitrogens with zero attached hydrogens (tertiary/aromatic N) is 1. The number of rotatable bonds is 8. The highest BCUT2D eigenvalue weighted by Crippen LogP contribution is 2.10. The molecule has 4 nitrogen and oxygen atoms in total. The molecule has 0 saturated carbocycles. The number of hydrogen-bond donors (Lipinski definition) is 1. The van der Waals surface area contributed by atoms with E-state index in [4.69, 9.17) is 4.74 Å². The van der Waals surface area contributed by atoms with Crippen molar-refractivity contribution in [2.75, 3.05) is 26.7 Å². The molecular formula is C16H27ClN2O2. The molecular weight excluding hydrogens is 288 g/mol. The smallest absolute Gasteiger partial charge is 0.320 e. The maximum Gasteiger partial charge on any atom is 0.320 e. The maximum atomic E-state index is 11.7. The molecule has 5 heteroatoms. The number of halogens is 1. The fourth-order valence-electron chi connectivity index (χ4n) is 2.04. The Hall–Kier alpha value is -1.10. The summed E-state index contributed by atoms with van der Waals surface area (Å²) in [5.41, 5.74) is 1.14. The topological polar surface area (TPSA) is 41.6 Å². The molecule has 0 unspecified atom stereocenters. The average molecular weight is 315 g/mol.